The van der Waals surface area contributed by atoms with E-state index in [0.29, 0.717) is 23.6 Å². The summed E-state index contributed by atoms with van der Waals surface area (Å²) in [7, 11) is 1.58. The fraction of sp³-hybridized carbons (Fsp3) is 0.500. The normalized spacial score (nSPS) is 15.3. The molecule has 104 valence electrons. The number of nitrogens with zero attached hydrogens (tertiary/aromatic N) is 2. The first-order valence-electron chi connectivity index (χ1n) is 6.05. The van der Waals surface area contributed by atoms with Crippen molar-refractivity contribution in [2.45, 2.75) is 25.3 Å². The fourth-order valence-electron chi connectivity index (χ4n) is 1.80. The molecule has 19 heavy (non-hydrogen) atoms. The van der Waals surface area contributed by atoms with Gasteiger partial charge in [-0.3, -0.25) is 4.79 Å². The molecule has 6 nitrogen and oxygen atoms in total. The molecule has 1 saturated carbocycles. The molecular weight excluding hydrogens is 266 g/mol. The molecule has 7 heteroatoms. The minimum absolute atomic E-state index is 0.0125. The maximum absolute atomic E-state index is 12.4. The Morgan fingerprint density at radius 3 is 2.95 bits per heavy atom. The number of carbonyl (C=O) groups is 1. The number of amides is 1. The van der Waals surface area contributed by atoms with E-state index in [1.807, 2.05) is 5.38 Å². The van der Waals surface area contributed by atoms with Crippen molar-refractivity contribution in [3.05, 3.63) is 16.3 Å². The van der Waals surface area contributed by atoms with Crippen LogP contribution in [0.1, 0.15) is 28.9 Å². The van der Waals surface area contributed by atoms with Gasteiger partial charge in [-0.15, -0.1) is 11.3 Å². The number of hydrogen-bond donors (Lipinski definition) is 2. The third-order valence-electron chi connectivity index (χ3n) is 3.01. The van der Waals surface area contributed by atoms with Crippen LogP contribution in [-0.2, 0) is 0 Å². The first kappa shape index (κ1) is 13.7. The molecule has 0 bridgehead atoms. The van der Waals surface area contributed by atoms with Crippen LogP contribution in [0.25, 0.3) is 0 Å². The highest BCUT2D eigenvalue weighted by atomic mass is 32.1. The van der Waals surface area contributed by atoms with E-state index in [1.165, 1.54) is 11.3 Å². The summed E-state index contributed by atoms with van der Waals surface area (Å²) in [5.74, 6) is 0.823. The molecule has 1 fully saturated rings. The fourth-order valence-corrected chi connectivity index (χ4v) is 2.61. The van der Waals surface area contributed by atoms with E-state index in [2.05, 4.69) is 5.16 Å². The lowest BCUT2D eigenvalue weighted by atomic mass is 10.3. The predicted octanol–water partition coefficient (Wildman–Crippen LogP) is 1.50. The standard InChI is InChI=1S/C12H17N3O3S/c1-18-9-6-10(19-7-9)12(16)15(8-2-3-8)5-4-11(13)14-17/h6-8,17H,2-5H2,1H3,(H2,13,14). The summed E-state index contributed by atoms with van der Waals surface area (Å²) in [5.41, 5.74) is 5.45. The SMILES string of the molecule is COc1csc(C(=O)N(CCC(N)=NO)C2CC2)c1. The van der Waals surface area contributed by atoms with Crippen LogP contribution >= 0.6 is 11.3 Å². The minimum Gasteiger partial charge on any atom is -0.496 e. The first-order chi connectivity index (χ1) is 9.15. The van der Waals surface area contributed by atoms with Crippen molar-refractivity contribution < 1.29 is 14.7 Å². The second kappa shape index (κ2) is 5.92. The van der Waals surface area contributed by atoms with Crippen LogP contribution in [-0.4, -0.2) is 41.5 Å². The van der Waals surface area contributed by atoms with Gasteiger partial charge >= 0.3 is 0 Å². The molecular formula is C12H17N3O3S. The number of hydrogen-bond acceptors (Lipinski definition) is 5. The zero-order valence-electron chi connectivity index (χ0n) is 10.7. The van der Waals surface area contributed by atoms with Gasteiger partial charge in [0, 0.05) is 30.5 Å². The van der Waals surface area contributed by atoms with Crippen molar-refractivity contribution >= 4 is 23.1 Å². The average Bonchev–Trinajstić information content (AvgIpc) is 3.14. The summed E-state index contributed by atoms with van der Waals surface area (Å²) in [5, 5.41) is 13.3. The monoisotopic (exact) mass is 283 g/mol. The Bertz CT molecular complexity index is 482. The lowest BCUT2D eigenvalue weighted by molar-refractivity contribution is 0.0752. The Balaban J connectivity index is 2.04. The van der Waals surface area contributed by atoms with E-state index in [-0.39, 0.29) is 17.8 Å². The van der Waals surface area contributed by atoms with Gasteiger partial charge in [0.25, 0.3) is 5.91 Å². The average molecular weight is 283 g/mol. The number of oxime groups is 1. The number of nitrogens with two attached hydrogens (primary N) is 1. The summed E-state index contributed by atoms with van der Waals surface area (Å²) in [4.78, 5) is 14.8. The number of methoxy groups -OCH3 is 1. The molecule has 1 aromatic heterocycles. The number of carbonyl (C=O) groups excluding carboxylic acids is 1. The van der Waals surface area contributed by atoms with Gasteiger partial charge in [0.05, 0.1) is 12.0 Å². The molecule has 3 N–H and O–H groups in total. The van der Waals surface area contributed by atoms with Crippen LogP contribution in [0.4, 0.5) is 0 Å². The smallest absolute Gasteiger partial charge is 0.264 e. The maximum atomic E-state index is 12.4. The van der Waals surface area contributed by atoms with Crippen LogP contribution < -0.4 is 10.5 Å². The van der Waals surface area contributed by atoms with Gasteiger partial charge < -0.3 is 20.6 Å². The number of thiophene rings is 1. The van der Waals surface area contributed by atoms with E-state index in [4.69, 9.17) is 15.7 Å². The Hall–Kier alpha value is -1.76. The van der Waals surface area contributed by atoms with E-state index in [9.17, 15) is 4.79 Å². The van der Waals surface area contributed by atoms with Gasteiger partial charge in [0.2, 0.25) is 0 Å². The lowest BCUT2D eigenvalue weighted by Gasteiger charge is -2.21. The Morgan fingerprint density at radius 1 is 1.68 bits per heavy atom. The molecule has 0 unspecified atom stereocenters. The Morgan fingerprint density at radius 2 is 2.42 bits per heavy atom. The molecule has 0 aromatic carbocycles. The van der Waals surface area contributed by atoms with Gasteiger partial charge in [0.1, 0.15) is 11.6 Å². The van der Waals surface area contributed by atoms with Crippen molar-refractivity contribution in [1.82, 2.24) is 4.90 Å². The molecule has 1 aromatic rings. The second-order valence-corrected chi connectivity index (χ2v) is 5.33. The molecule has 0 aliphatic heterocycles. The largest absolute Gasteiger partial charge is 0.496 e. The summed E-state index contributed by atoms with van der Waals surface area (Å²) >= 11 is 1.37. The van der Waals surface area contributed by atoms with Crippen LogP contribution in [0.3, 0.4) is 0 Å². The van der Waals surface area contributed by atoms with Gasteiger partial charge in [-0.1, -0.05) is 5.16 Å². The zero-order valence-corrected chi connectivity index (χ0v) is 11.5. The van der Waals surface area contributed by atoms with Crippen molar-refractivity contribution in [1.29, 1.82) is 0 Å². The topological polar surface area (TPSA) is 88.2 Å². The van der Waals surface area contributed by atoms with Crippen LogP contribution in [0.2, 0.25) is 0 Å². The third-order valence-corrected chi connectivity index (χ3v) is 3.90. The molecule has 1 aliphatic rings. The minimum atomic E-state index is -0.0125. The predicted molar refractivity (Wildman–Crippen MR) is 73.0 cm³/mol. The number of rotatable bonds is 6. The number of ether oxygens (including phenoxy) is 1. The van der Waals surface area contributed by atoms with E-state index >= 15 is 0 Å². The van der Waals surface area contributed by atoms with Crippen molar-refractivity contribution in [3.63, 3.8) is 0 Å². The van der Waals surface area contributed by atoms with Gasteiger partial charge in [-0.2, -0.15) is 0 Å². The highest BCUT2D eigenvalue weighted by Crippen LogP contribution is 2.30. The third kappa shape index (κ3) is 3.37. The van der Waals surface area contributed by atoms with Gasteiger partial charge in [-0.05, 0) is 12.8 Å². The molecule has 0 saturated heterocycles. The number of amidine groups is 1. The first-order valence-corrected chi connectivity index (χ1v) is 6.93. The molecule has 2 rings (SSSR count). The van der Waals surface area contributed by atoms with Gasteiger partial charge in [0.15, 0.2) is 0 Å². The molecule has 0 radical (unpaired) electrons. The highest BCUT2D eigenvalue weighted by molar-refractivity contribution is 7.12. The van der Waals surface area contributed by atoms with Crippen LogP contribution in [0.5, 0.6) is 5.75 Å². The summed E-state index contributed by atoms with van der Waals surface area (Å²) in [6, 6.07) is 2.03. The summed E-state index contributed by atoms with van der Waals surface area (Å²) < 4.78 is 5.08. The van der Waals surface area contributed by atoms with E-state index in [0.717, 1.165) is 12.8 Å². The molecule has 1 amide bonds. The lowest BCUT2D eigenvalue weighted by Crippen LogP contribution is -2.35. The van der Waals surface area contributed by atoms with Crippen LogP contribution in [0.15, 0.2) is 16.6 Å². The zero-order chi connectivity index (χ0) is 13.8. The molecule has 1 heterocycles. The maximum Gasteiger partial charge on any atom is 0.264 e. The summed E-state index contributed by atoms with van der Waals surface area (Å²) in [6.45, 7) is 0.472. The quantitative estimate of drug-likeness (QED) is 0.358. The van der Waals surface area contributed by atoms with Gasteiger partial charge in [-0.25, -0.2) is 0 Å². The second-order valence-electron chi connectivity index (χ2n) is 4.42. The Labute approximate surface area is 115 Å². The molecule has 1 aliphatic carbocycles. The van der Waals surface area contributed by atoms with Crippen molar-refractivity contribution in [3.8, 4) is 5.75 Å². The molecule has 0 spiro atoms. The summed E-state index contributed by atoms with van der Waals surface area (Å²) in [6.07, 6.45) is 2.41. The van der Waals surface area contributed by atoms with Crippen LogP contribution in [0, 0.1) is 0 Å². The van der Waals surface area contributed by atoms with E-state index < -0.39 is 0 Å². The Kier molecular flexibility index (Phi) is 4.26. The highest BCUT2D eigenvalue weighted by Gasteiger charge is 2.33. The van der Waals surface area contributed by atoms with Crippen molar-refractivity contribution in [2.75, 3.05) is 13.7 Å². The van der Waals surface area contributed by atoms with E-state index in [1.54, 1.807) is 18.1 Å². The molecule has 0 atom stereocenters. The van der Waals surface area contributed by atoms with Crippen molar-refractivity contribution in [2.24, 2.45) is 10.9 Å².